The lowest BCUT2D eigenvalue weighted by Gasteiger charge is -2.18. The number of rotatable bonds is 10. The smallest absolute Gasteiger partial charge is 0.272 e. The van der Waals surface area contributed by atoms with Crippen LogP contribution >= 0.6 is 24.0 Å². The zero-order valence-corrected chi connectivity index (χ0v) is 21.0. The summed E-state index contributed by atoms with van der Waals surface area (Å²) in [7, 11) is 1.68. The number of likely N-dealkylation sites (tertiary alicyclic amines) is 1. The average Bonchev–Trinajstić information content (AvgIpc) is 3.16. The normalized spacial score (nSPS) is 16.0. The van der Waals surface area contributed by atoms with E-state index in [9.17, 15) is 13.6 Å². The van der Waals surface area contributed by atoms with Crippen molar-refractivity contribution in [2.24, 2.45) is 10.9 Å². The van der Waals surface area contributed by atoms with Crippen LogP contribution in [0.2, 0.25) is 0 Å². The molecule has 0 bridgehead atoms. The summed E-state index contributed by atoms with van der Waals surface area (Å²) in [6.45, 7) is 1.96. The van der Waals surface area contributed by atoms with Gasteiger partial charge in [-0.2, -0.15) is 0 Å². The quantitative estimate of drug-likeness (QED) is 0.259. The topological polar surface area (TPSA) is 66.0 Å². The zero-order chi connectivity index (χ0) is 22.8. The van der Waals surface area contributed by atoms with Crippen molar-refractivity contribution < 1.29 is 18.3 Å². The first kappa shape index (κ1) is 26.8. The van der Waals surface area contributed by atoms with Crippen molar-refractivity contribution in [1.82, 2.24) is 15.5 Å². The van der Waals surface area contributed by atoms with Crippen molar-refractivity contribution in [2.75, 3.05) is 33.3 Å². The minimum absolute atomic E-state index is 0. The number of ether oxygens (including phenoxy) is 1. The second-order valence-corrected chi connectivity index (χ2v) is 7.80. The molecule has 3 rings (SSSR count). The fourth-order valence-electron chi connectivity index (χ4n) is 3.67. The number of alkyl halides is 2. The van der Waals surface area contributed by atoms with Gasteiger partial charge in [-0.1, -0.05) is 42.5 Å². The third kappa shape index (κ3) is 9.15. The summed E-state index contributed by atoms with van der Waals surface area (Å²) >= 11 is 0. The van der Waals surface area contributed by atoms with Gasteiger partial charge in [0, 0.05) is 45.6 Å². The van der Waals surface area contributed by atoms with E-state index >= 15 is 0 Å². The lowest BCUT2D eigenvalue weighted by molar-refractivity contribution is -0.127. The number of hydrogen-bond acceptors (Lipinski definition) is 3. The van der Waals surface area contributed by atoms with Crippen LogP contribution in [-0.4, -0.2) is 56.5 Å². The van der Waals surface area contributed by atoms with Crippen LogP contribution in [0.25, 0.3) is 0 Å². The van der Waals surface area contributed by atoms with E-state index in [2.05, 4.69) is 27.8 Å². The van der Waals surface area contributed by atoms with Crippen molar-refractivity contribution in [1.29, 1.82) is 0 Å². The van der Waals surface area contributed by atoms with Crippen LogP contribution in [0.3, 0.4) is 0 Å². The number of aliphatic imine (C=N–C) groups is 1. The predicted molar refractivity (Wildman–Crippen MR) is 136 cm³/mol. The summed E-state index contributed by atoms with van der Waals surface area (Å²) in [5.41, 5.74) is 2.12. The Hall–Kier alpha value is -2.43. The molecule has 2 N–H and O–H groups in total. The molecule has 0 aromatic heterocycles. The maximum Gasteiger partial charge on any atom is 0.272 e. The molecule has 1 amide bonds. The van der Waals surface area contributed by atoms with Crippen molar-refractivity contribution in [3.63, 3.8) is 0 Å². The predicted octanol–water partition coefficient (Wildman–Crippen LogP) is 3.70. The Morgan fingerprint density at radius 2 is 1.91 bits per heavy atom. The molecule has 0 radical (unpaired) electrons. The number of hydrogen-bond donors (Lipinski definition) is 2. The number of benzene rings is 2. The molecule has 6 nitrogen and oxygen atoms in total. The van der Waals surface area contributed by atoms with Gasteiger partial charge in [0.15, 0.2) is 5.96 Å². The number of carbonyl (C=O) groups is 1. The van der Waals surface area contributed by atoms with E-state index in [1.54, 1.807) is 25.2 Å². The molecule has 2 aromatic carbocycles. The second-order valence-electron chi connectivity index (χ2n) is 7.80. The molecular weight excluding hydrogens is 541 g/mol. The van der Waals surface area contributed by atoms with Gasteiger partial charge in [-0.3, -0.25) is 9.79 Å². The fourth-order valence-corrected chi connectivity index (χ4v) is 3.67. The van der Waals surface area contributed by atoms with Gasteiger partial charge in [0.05, 0.1) is 0 Å². The van der Waals surface area contributed by atoms with Gasteiger partial charge in [0.1, 0.15) is 12.4 Å². The van der Waals surface area contributed by atoms with E-state index in [0.717, 1.165) is 25.1 Å². The van der Waals surface area contributed by atoms with Crippen molar-refractivity contribution in [3.05, 3.63) is 65.7 Å². The SMILES string of the molecule is CN=C(NCc1cccc(OCC(F)F)c1)NCC1CC(=O)N(CCc2ccccc2)C1.I. The van der Waals surface area contributed by atoms with Crippen LogP contribution in [0.5, 0.6) is 5.75 Å². The molecule has 1 aliphatic heterocycles. The second kappa shape index (κ2) is 14.0. The number of halogens is 3. The van der Waals surface area contributed by atoms with Gasteiger partial charge in [-0.05, 0) is 29.7 Å². The summed E-state index contributed by atoms with van der Waals surface area (Å²) in [6.07, 6.45) is -1.12. The molecule has 1 fully saturated rings. The summed E-state index contributed by atoms with van der Waals surface area (Å²) in [5.74, 6) is 1.45. The van der Waals surface area contributed by atoms with Crippen molar-refractivity contribution in [3.8, 4) is 5.75 Å². The number of guanidine groups is 1. The molecular formula is C24H31F2IN4O2. The Kier molecular flexibility index (Phi) is 11.4. The summed E-state index contributed by atoms with van der Waals surface area (Å²) in [5, 5.41) is 6.49. The Morgan fingerprint density at radius 3 is 2.64 bits per heavy atom. The van der Waals surface area contributed by atoms with E-state index in [1.165, 1.54) is 5.56 Å². The van der Waals surface area contributed by atoms with E-state index < -0.39 is 13.0 Å². The third-order valence-corrected chi connectivity index (χ3v) is 5.32. The van der Waals surface area contributed by atoms with E-state index in [-0.39, 0.29) is 35.8 Å². The first-order valence-electron chi connectivity index (χ1n) is 10.8. The number of nitrogens with zero attached hydrogens (tertiary/aromatic N) is 2. The van der Waals surface area contributed by atoms with E-state index in [1.807, 2.05) is 29.2 Å². The molecule has 2 aromatic rings. The highest BCUT2D eigenvalue weighted by Crippen LogP contribution is 2.18. The highest BCUT2D eigenvalue weighted by atomic mass is 127. The largest absolute Gasteiger partial charge is 0.488 e. The Labute approximate surface area is 210 Å². The molecule has 0 aliphatic carbocycles. The summed E-state index contributed by atoms with van der Waals surface area (Å²) in [6, 6.07) is 17.2. The Morgan fingerprint density at radius 1 is 1.15 bits per heavy atom. The lowest BCUT2D eigenvalue weighted by Crippen LogP contribution is -2.40. The molecule has 1 unspecified atom stereocenters. The lowest BCUT2D eigenvalue weighted by atomic mass is 10.1. The maximum atomic E-state index is 12.4. The van der Waals surface area contributed by atoms with E-state index in [4.69, 9.17) is 4.74 Å². The Bertz CT molecular complexity index is 899. The van der Waals surface area contributed by atoms with Crippen molar-refractivity contribution in [2.45, 2.75) is 25.8 Å². The van der Waals surface area contributed by atoms with Crippen LogP contribution in [0.4, 0.5) is 8.78 Å². The Balaban J connectivity index is 0.00000385. The zero-order valence-electron chi connectivity index (χ0n) is 18.7. The van der Waals surface area contributed by atoms with Crippen LogP contribution < -0.4 is 15.4 Å². The minimum Gasteiger partial charge on any atom is -0.488 e. The van der Waals surface area contributed by atoms with Gasteiger partial charge >= 0.3 is 0 Å². The number of nitrogens with one attached hydrogen (secondary N) is 2. The first-order chi connectivity index (χ1) is 15.5. The minimum atomic E-state index is -2.50. The van der Waals surface area contributed by atoms with Crippen LogP contribution in [-0.2, 0) is 17.8 Å². The van der Waals surface area contributed by atoms with Gasteiger partial charge in [-0.25, -0.2) is 8.78 Å². The molecule has 1 atom stereocenters. The molecule has 1 saturated heterocycles. The molecule has 0 spiro atoms. The van der Waals surface area contributed by atoms with Gasteiger partial charge in [-0.15, -0.1) is 24.0 Å². The van der Waals surface area contributed by atoms with E-state index in [0.29, 0.717) is 31.2 Å². The van der Waals surface area contributed by atoms with Crippen LogP contribution in [0.1, 0.15) is 17.5 Å². The first-order valence-corrected chi connectivity index (χ1v) is 10.8. The van der Waals surface area contributed by atoms with Crippen LogP contribution in [0, 0.1) is 5.92 Å². The summed E-state index contributed by atoms with van der Waals surface area (Å²) < 4.78 is 29.7. The highest BCUT2D eigenvalue weighted by molar-refractivity contribution is 14.0. The highest BCUT2D eigenvalue weighted by Gasteiger charge is 2.29. The molecule has 1 aliphatic rings. The molecule has 9 heteroatoms. The maximum absolute atomic E-state index is 12.4. The average molecular weight is 572 g/mol. The monoisotopic (exact) mass is 572 g/mol. The van der Waals surface area contributed by atoms with Gasteiger partial charge in [0.2, 0.25) is 5.91 Å². The molecule has 1 heterocycles. The van der Waals surface area contributed by atoms with Crippen molar-refractivity contribution >= 4 is 35.8 Å². The van der Waals surface area contributed by atoms with Gasteiger partial charge < -0.3 is 20.3 Å². The molecule has 180 valence electrons. The fraction of sp³-hybridized carbons (Fsp3) is 0.417. The molecule has 33 heavy (non-hydrogen) atoms. The third-order valence-electron chi connectivity index (χ3n) is 5.32. The summed E-state index contributed by atoms with van der Waals surface area (Å²) in [4.78, 5) is 18.5. The number of amides is 1. The number of carbonyl (C=O) groups excluding carboxylic acids is 1. The standard InChI is InChI=1S/C24H30F2N4O2.HI/c1-27-24(28-14-19-8-5-9-21(12-19)32-17-22(25)26)29-15-20-13-23(31)30(16-20)11-10-18-6-3-2-4-7-18;/h2-9,12,20,22H,10-11,13-17H2,1H3,(H2,27,28,29);1H. The van der Waals surface area contributed by atoms with Gasteiger partial charge in [0.25, 0.3) is 6.43 Å². The van der Waals surface area contributed by atoms with Crippen LogP contribution in [0.15, 0.2) is 59.6 Å². The molecule has 0 saturated carbocycles.